The van der Waals surface area contributed by atoms with Crippen LogP contribution in [0.5, 0.6) is 5.75 Å². The van der Waals surface area contributed by atoms with Gasteiger partial charge in [-0.05, 0) is 44.0 Å². The minimum Gasteiger partial charge on any atom is -0.495 e. The SMILES string of the molecule is COc1ccccc1N1C(=O)C[C@H](Nc2c(C)cc(C)cc2C)C1=O. The highest BCUT2D eigenvalue weighted by molar-refractivity contribution is 6.23. The molecule has 1 saturated heterocycles. The van der Waals surface area contributed by atoms with Gasteiger partial charge in [0.15, 0.2) is 0 Å². The number of aryl methyl sites for hydroxylation is 3. The van der Waals surface area contributed by atoms with E-state index in [4.69, 9.17) is 4.74 Å². The number of carbonyl (C=O) groups is 2. The van der Waals surface area contributed by atoms with Crippen molar-refractivity contribution >= 4 is 23.2 Å². The Kier molecular flexibility index (Phi) is 4.49. The molecule has 1 fully saturated rings. The standard InChI is InChI=1S/C20H22N2O3/c1-12-9-13(2)19(14(3)10-12)21-15-11-18(23)22(20(15)24)16-7-5-6-8-17(16)25-4/h5-10,15,21H,11H2,1-4H3/t15-/m0/s1. The summed E-state index contributed by atoms with van der Waals surface area (Å²) >= 11 is 0. The largest absolute Gasteiger partial charge is 0.495 e. The van der Waals surface area contributed by atoms with Crippen molar-refractivity contribution in [2.24, 2.45) is 0 Å². The first kappa shape index (κ1) is 17.0. The van der Waals surface area contributed by atoms with Crippen LogP contribution in [0.1, 0.15) is 23.1 Å². The Morgan fingerprint density at radius 1 is 1.08 bits per heavy atom. The second kappa shape index (κ2) is 6.59. The van der Waals surface area contributed by atoms with Gasteiger partial charge >= 0.3 is 0 Å². The number of hydrogen-bond acceptors (Lipinski definition) is 4. The highest BCUT2D eigenvalue weighted by Gasteiger charge is 2.41. The summed E-state index contributed by atoms with van der Waals surface area (Å²) in [5.74, 6) is 0.0239. The van der Waals surface area contributed by atoms with Crippen LogP contribution in [0.2, 0.25) is 0 Å². The third-order valence-corrected chi connectivity index (χ3v) is 4.47. The lowest BCUT2D eigenvalue weighted by atomic mass is 10.0. The van der Waals surface area contributed by atoms with E-state index in [2.05, 4.69) is 17.4 Å². The molecule has 5 heteroatoms. The van der Waals surface area contributed by atoms with Gasteiger partial charge in [0.25, 0.3) is 5.91 Å². The summed E-state index contributed by atoms with van der Waals surface area (Å²) in [5, 5.41) is 3.27. The third-order valence-electron chi connectivity index (χ3n) is 4.47. The number of imide groups is 1. The molecule has 1 heterocycles. The molecule has 5 nitrogen and oxygen atoms in total. The zero-order valence-electron chi connectivity index (χ0n) is 14.9. The van der Waals surface area contributed by atoms with Crippen molar-refractivity contribution in [2.45, 2.75) is 33.2 Å². The van der Waals surface area contributed by atoms with Crippen LogP contribution >= 0.6 is 0 Å². The number of methoxy groups -OCH3 is 1. The highest BCUT2D eigenvalue weighted by atomic mass is 16.5. The molecule has 2 aromatic rings. The molecule has 0 saturated carbocycles. The van der Waals surface area contributed by atoms with E-state index in [1.165, 1.54) is 17.6 Å². The molecule has 0 unspecified atom stereocenters. The molecular weight excluding hydrogens is 316 g/mol. The predicted octanol–water partition coefficient (Wildman–Crippen LogP) is 3.36. The van der Waals surface area contributed by atoms with Crippen molar-refractivity contribution in [3.05, 3.63) is 53.1 Å². The van der Waals surface area contributed by atoms with Gasteiger partial charge in [-0.1, -0.05) is 29.8 Å². The van der Waals surface area contributed by atoms with Gasteiger partial charge in [-0.25, -0.2) is 4.90 Å². The van der Waals surface area contributed by atoms with Gasteiger partial charge in [0.05, 0.1) is 19.2 Å². The van der Waals surface area contributed by atoms with Gasteiger partial charge < -0.3 is 10.1 Å². The van der Waals surface area contributed by atoms with Crippen molar-refractivity contribution < 1.29 is 14.3 Å². The summed E-state index contributed by atoms with van der Waals surface area (Å²) in [6, 6.07) is 10.6. The highest BCUT2D eigenvalue weighted by Crippen LogP contribution is 2.33. The number of rotatable bonds is 4. The lowest BCUT2D eigenvalue weighted by Gasteiger charge is -2.20. The van der Waals surface area contributed by atoms with Crippen LogP contribution in [0.25, 0.3) is 0 Å². The van der Waals surface area contributed by atoms with Crippen LogP contribution in [-0.2, 0) is 9.59 Å². The molecule has 0 radical (unpaired) electrons. The van der Waals surface area contributed by atoms with E-state index >= 15 is 0 Å². The van der Waals surface area contributed by atoms with Gasteiger partial charge in [0.2, 0.25) is 5.91 Å². The Labute approximate surface area is 147 Å². The lowest BCUT2D eigenvalue weighted by molar-refractivity contribution is -0.121. The molecule has 0 aromatic heterocycles. The summed E-state index contributed by atoms with van der Waals surface area (Å²) in [7, 11) is 1.53. The predicted molar refractivity (Wildman–Crippen MR) is 98.2 cm³/mol. The number of carbonyl (C=O) groups excluding carboxylic acids is 2. The quantitative estimate of drug-likeness (QED) is 0.869. The van der Waals surface area contributed by atoms with Gasteiger partial charge in [-0.15, -0.1) is 0 Å². The number of hydrogen-bond donors (Lipinski definition) is 1. The normalized spacial score (nSPS) is 17.1. The fraction of sp³-hybridized carbons (Fsp3) is 0.300. The zero-order valence-corrected chi connectivity index (χ0v) is 14.9. The molecule has 0 spiro atoms. The first-order valence-corrected chi connectivity index (χ1v) is 8.26. The molecule has 130 valence electrons. The van der Waals surface area contributed by atoms with Crippen LogP contribution < -0.4 is 15.0 Å². The number of nitrogens with zero attached hydrogens (tertiary/aromatic N) is 1. The molecule has 1 atom stereocenters. The average Bonchev–Trinajstić information content (AvgIpc) is 2.84. The van der Waals surface area contributed by atoms with Gasteiger partial charge in [0, 0.05) is 5.69 Å². The van der Waals surface area contributed by atoms with E-state index in [1.54, 1.807) is 18.2 Å². The summed E-state index contributed by atoms with van der Waals surface area (Å²) < 4.78 is 5.29. The van der Waals surface area contributed by atoms with Crippen molar-refractivity contribution in [3.63, 3.8) is 0 Å². The first-order chi connectivity index (χ1) is 11.9. The monoisotopic (exact) mass is 338 g/mol. The van der Waals surface area contributed by atoms with E-state index in [1.807, 2.05) is 26.8 Å². The Hall–Kier alpha value is -2.82. The molecule has 0 bridgehead atoms. The van der Waals surface area contributed by atoms with E-state index in [0.717, 1.165) is 16.8 Å². The topological polar surface area (TPSA) is 58.6 Å². The summed E-state index contributed by atoms with van der Waals surface area (Å²) in [5.41, 5.74) is 4.70. The Balaban J connectivity index is 1.90. The number of anilines is 2. The second-order valence-electron chi connectivity index (χ2n) is 6.41. The molecule has 0 aliphatic carbocycles. The van der Waals surface area contributed by atoms with E-state index in [9.17, 15) is 9.59 Å². The molecule has 25 heavy (non-hydrogen) atoms. The lowest BCUT2D eigenvalue weighted by Crippen LogP contribution is -2.35. The number of benzene rings is 2. The van der Waals surface area contributed by atoms with Gasteiger partial charge in [0.1, 0.15) is 11.8 Å². The molecule has 1 N–H and O–H groups in total. The van der Waals surface area contributed by atoms with Crippen molar-refractivity contribution in [2.75, 3.05) is 17.3 Å². The Morgan fingerprint density at radius 3 is 2.36 bits per heavy atom. The minimum absolute atomic E-state index is 0.129. The average molecular weight is 338 g/mol. The maximum atomic E-state index is 12.9. The maximum Gasteiger partial charge on any atom is 0.256 e. The van der Waals surface area contributed by atoms with Crippen LogP contribution in [0, 0.1) is 20.8 Å². The van der Waals surface area contributed by atoms with Gasteiger partial charge in [-0.2, -0.15) is 0 Å². The minimum atomic E-state index is -0.572. The van der Waals surface area contributed by atoms with E-state index in [0.29, 0.717) is 11.4 Å². The number of amides is 2. The number of ether oxygens (including phenoxy) is 1. The summed E-state index contributed by atoms with van der Waals surface area (Å²) in [4.78, 5) is 26.6. The molecular formula is C20H22N2O3. The number of nitrogens with one attached hydrogen (secondary N) is 1. The van der Waals surface area contributed by atoms with E-state index < -0.39 is 6.04 Å². The van der Waals surface area contributed by atoms with Crippen molar-refractivity contribution in [1.82, 2.24) is 0 Å². The molecule has 1 aliphatic rings. The van der Waals surface area contributed by atoms with Crippen LogP contribution in [0.3, 0.4) is 0 Å². The fourth-order valence-electron chi connectivity index (χ4n) is 3.39. The smallest absolute Gasteiger partial charge is 0.256 e. The summed E-state index contributed by atoms with van der Waals surface area (Å²) in [6.07, 6.45) is 0.129. The molecule has 2 amide bonds. The van der Waals surface area contributed by atoms with Crippen molar-refractivity contribution in [1.29, 1.82) is 0 Å². The maximum absolute atomic E-state index is 12.9. The van der Waals surface area contributed by atoms with Crippen LogP contribution in [0.4, 0.5) is 11.4 Å². The molecule has 3 rings (SSSR count). The first-order valence-electron chi connectivity index (χ1n) is 8.26. The van der Waals surface area contributed by atoms with Crippen LogP contribution in [0.15, 0.2) is 36.4 Å². The summed E-state index contributed by atoms with van der Waals surface area (Å²) in [6.45, 7) is 6.04. The zero-order chi connectivity index (χ0) is 18.1. The van der Waals surface area contributed by atoms with Gasteiger partial charge in [-0.3, -0.25) is 9.59 Å². The van der Waals surface area contributed by atoms with Crippen LogP contribution in [-0.4, -0.2) is 25.0 Å². The Bertz CT molecular complexity index is 822. The second-order valence-corrected chi connectivity index (χ2v) is 6.41. The molecule has 2 aromatic carbocycles. The fourth-order valence-corrected chi connectivity index (χ4v) is 3.39. The van der Waals surface area contributed by atoms with E-state index in [-0.39, 0.29) is 18.2 Å². The Morgan fingerprint density at radius 2 is 1.72 bits per heavy atom. The third kappa shape index (κ3) is 3.09. The molecule has 1 aliphatic heterocycles. The number of para-hydroxylation sites is 2. The van der Waals surface area contributed by atoms with Crippen molar-refractivity contribution in [3.8, 4) is 5.75 Å².